The van der Waals surface area contributed by atoms with Crippen LogP contribution in [-0.2, 0) is 4.79 Å². The molecule has 1 N–H and O–H groups in total. The standard InChI is InChI=1S/C23H18BrClN4O2S/c1-31-20-4-2-3-15(13-20)22-27-28-23(29(22)19-11-7-17(25)8-12-19)32-14-21(30)26-18-9-5-16(24)6-10-18/h2-13H,14H2,1H3,(H,26,30). The molecule has 0 fully saturated rings. The minimum absolute atomic E-state index is 0.133. The van der Waals surface area contributed by atoms with E-state index in [4.69, 9.17) is 16.3 Å². The summed E-state index contributed by atoms with van der Waals surface area (Å²) in [4.78, 5) is 12.5. The van der Waals surface area contributed by atoms with Gasteiger partial charge in [0.15, 0.2) is 11.0 Å². The molecule has 4 aromatic rings. The predicted molar refractivity (Wildman–Crippen MR) is 132 cm³/mol. The summed E-state index contributed by atoms with van der Waals surface area (Å²) in [7, 11) is 1.62. The number of amides is 1. The fourth-order valence-corrected chi connectivity index (χ4v) is 4.14. The van der Waals surface area contributed by atoms with Gasteiger partial charge in [-0.25, -0.2) is 0 Å². The van der Waals surface area contributed by atoms with E-state index in [0.29, 0.717) is 16.0 Å². The van der Waals surface area contributed by atoms with Crippen LogP contribution in [0.2, 0.25) is 5.02 Å². The minimum atomic E-state index is -0.133. The molecule has 162 valence electrons. The Morgan fingerprint density at radius 3 is 2.56 bits per heavy atom. The van der Waals surface area contributed by atoms with Crippen molar-refractivity contribution in [1.82, 2.24) is 14.8 Å². The number of anilines is 1. The SMILES string of the molecule is COc1cccc(-c2nnc(SCC(=O)Nc3ccc(Br)cc3)n2-c2ccc(Cl)cc2)c1. The molecular weight excluding hydrogens is 512 g/mol. The number of hydrogen-bond donors (Lipinski definition) is 1. The Bertz CT molecular complexity index is 1230. The van der Waals surface area contributed by atoms with Gasteiger partial charge >= 0.3 is 0 Å². The maximum absolute atomic E-state index is 12.5. The van der Waals surface area contributed by atoms with Crippen molar-refractivity contribution in [3.8, 4) is 22.8 Å². The molecule has 0 unspecified atom stereocenters. The number of carbonyl (C=O) groups is 1. The molecular formula is C23H18BrClN4O2S. The van der Waals surface area contributed by atoms with E-state index in [1.807, 2.05) is 65.2 Å². The van der Waals surface area contributed by atoms with Gasteiger partial charge in [0, 0.05) is 26.4 Å². The van der Waals surface area contributed by atoms with Crippen LogP contribution in [0.1, 0.15) is 0 Å². The largest absolute Gasteiger partial charge is 0.497 e. The highest BCUT2D eigenvalue weighted by atomic mass is 79.9. The molecule has 1 amide bonds. The number of benzene rings is 3. The Balaban J connectivity index is 1.61. The number of thioether (sulfide) groups is 1. The number of nitrogens with zero attached hydrogens (tertiary/aromatic N) is 3. The van der Waals surface area contributed by atoms with E-state index < -0.39 is 0 Å². The van der Waals surface area contributed by atoms with Gasteiger partial charge in [-0.1, -0.05) is 51.4 Å². The van der Waals surface area contributed by atoms with E-state index >= 15 is 0 Å². The zero-order chi connectivity index (χ0) is 22.5. The number of halogens is 2. The average molecular weight is 530 g/mol. The summed E-state index contributed by atoms with van der Waals surface area (Å²) < 4.78 is 8.21. The van der Waals surface area contributed by atoms with Gasteiger partial charge in [-0.2, -0.15) is 0 Å². The van der Waals surface area contributed by atoms with Crippen LogP contribution in [0.3, 0.4) is 0 Å². The highest BCUT2D eigenvalue weighted by molar-refractivity contribution is 9.10. The summed E-state index contributed by atoms with van der Waals surface area (Å²) in [5.74, 6) is 1.41. The second kappa shape index (κ2) is 10.2. The monoisotopic (exact) mass is 528 g/mol. The third-order valence-electron chi connectivity index (χ3n) is 4.51. The van der Waals surface area contributed by atoms with Crippen molar-refractivity contribution >= 4 is 50.9 Å². The van der Waals surface area contributed by atoms with Crippen molar-refractivity contribution in [2.24, 2.45) is 0 Å². The molecule has 32 heavy (non-hydrogen) atoms. The average Bonchev–Trinajstić information content (AvgIpc) is 3.24. The summed E-state index contributed by atoms with van der Waals surface area (Å²) in [6.07, 6.45) is 0. The third-order valence-corrected chi connectivity index (χ3v) is 6.22. The van der Waals surface area contributed by atoms with Crippen LogP contribution in [0.25, 0.3) is 17.1 Å². The normalized spacial score (nSPS) is 10.7. The topological polar surface area (TPSA) is 69.0 Å². The Morgan fingerprint density at radius 2 is 1.84 bits per heavy atom. The molecule has 0 saturated carbocycles. The zero-order valence-corrected chi connectivity index (χ0v) is 20.1. The fourth-order valence-electron chi connectivity index (χ4n) is 3.00. The highest BCUT2D eigenvalue weighted by Crippen LogP contribution is 2.30. The molecule has 9 heteroatoms. The predicted octanol–water partition coefficient (Wildman–Crippen LogP) is 6.09. The first kappa shape index (κ1) is 22.4. The van der Waals surface area contributed by atoms with Gasteiger partial charge < -0.3 is 10.1 Å². The molecule has 0 saturated heterocycles. The Labute approximate surface area is 203 Å². The van der Waals surface area contributed by atoms with E-state index in [-0.39, 0.29) is 11.7 Å². The number of rotatable bonds is 7. The smallest absolute Gasteiger partial charge is 0.234 e. The Hall–Kier alpha value is -2.81. The van der Waals surface area contributed by atoms with Gasteiger partial charge in [-0.3, -0.25) is 9.36 Å². The summed E-state index contributed by atoms with van der Waals surface area (Å²) in [5, 5.41) is 12.9. The van der Waals surface area contributed by atoms with Gasteiger partial charge in [0.25, 0.3) is 0 Å². The lowest BCUT2D eigenvalue weighted by Gasteiger charge is -2.11. The van der Waals surface area contributed by atoms with E-state index in [9.17, 15) is 4.79 Å². The van der Waals surface area contributed by atoms with Gasteiger partial charge in [0.2, 0.25) is 5.91 Å². The molecule has 4 rings (SSSR count). The number of nitrogens with one attached hydrogen (secondary N) is 1. The van der Waals surface area contributed by atoms with Crippen molar-refractivity contribution in [2.45, 2.75) is 5.16 Å². The second-order valence-electron chi connectivity index (χ2n) is 6.69. The molecule has 1 aromatic heterocycles. The highest BCUT2D eigenvalue weighted by Gasteiger charge is 2.18. The van der Waals surface area contributed by atoms with Gasteiger partial charge in [-0.15, -0.1) is 10.2 Å². The Morgan fingerprint density at radius 1 is 1.09 bits per heavy atom. The molecule has 0 radical (unpaired) electrons. The lowest BCUT2D eigenvalue weighted by molar-refractivity contribution is -0.113. The quantitative estimate of drug-likeness (QED) is 0.293. The second-order valence-corrected chi connectivity index (χ2v) is 8.99. The first-order valence-electron chi connectivity index (χ1n) is 9.57. The van der Waals surface area contributed by atoms with Crippen molar-refractivity contribution in [3.05, 3.63) is 82.3 Å². The first-order chi connectivity index (χ1) is 15.5. The van der Waals surface area contributed by atoms with Crippen LogP contribution in [-0.4, -0.2) is 33.5 Å². The maximum atomic E-state index is 12.5. The van der Waals surface area contributed by atoms with Crippen molar-refractivity contribution in [1.29, 1.82) is 0 Å². The zero-order valence-electron chi connectivity index (χ0n) is 17.0. The van der Waals surface area contributed by atoms with Crippen LogP contribution >= 0.6 is 39.3 Å². The van der Waals surface area contributed by atoms with Crippen LogP contribution in [0, 0.1) is 0 Å². The lowest BCUT2D eigenvalue weighted by atomic mass is 10.2. The maximum Gasteiger partial charge on any atom is 0.234 e. The third kappa shape index (κ3) is 5.32. The number of carbonyl (C=O) groups excluding carboxylic acids is 1. The summed E-state index contributed by atoms with van der Waals surface area (Å²) in [5.41, 5.74) is 2.42. The molecule has 0 aliphatic rings. The number of ether oxygens (including phenoxy) is 1. The summed E-state index contributed by atoms with van der Waals surface area (Å²) >= 11 is 10.8. The number of hydrogen-bond acceptors (Lipinski definition) is 5. The number of methoxy groups -OCH3 is 1. The molecule has 0 bridgehead atoms. The van der Waals surface area contributed by atoms with Crippen LogP contribution in [0.5, 0.6) is 5.75 Å². The van der Waals surface area contributed by atoms with Gasteiger partial charge in [-0.05, 0) is 60.7 Å². The van der Waals surface area contributed by atoms with Crippen molar-refractivity contribution in [3.63, 3.8) is 0 Å². The molecule has 0 aliphatic heterocycles. The van der Waals surface area contributed by atoms with Gasteiger partial charge in [0.1, 0.15) is 5.75 Å². The van der Waals surface area contributed by atoms with E-state index in [0.717, 1.165) is 27.2 Å². The molecule has 6 nitrogen and oxygen atoms in total. The summed E-state index contributed by atoms with van der Waals surface area (Å²) in [6.45, 7) is 0. The fraction of sp³-hybridized carbons (Fsp3) is 0.0870. The lowest BCUT2D eigenvalue weighted by Crippen LogP contribution is -2.14. The van der Waals surface area contributed by atoms with E-state index in [1.54, 1.807) is 19.2 Å². The van der Waals surface area contributed by atoms with Crippen molar-refractivity contribution < 1.29 is 9.53 Å². The molecule has 3 aromatic carbocycles. The van der Waals surface area contributed by atoms with Crippen LogP contribution < -0.4 is 10.1 Å². The number of aromatic nitrogens is 3. The summed E-state index contributed by atoms with van der Waals surface area (Å²) in [6, 6.07) is 22.4. The van der Waals surface area contributed by atoms with Crippen LogP contribution in [0.4, 0.5) is 5.69 Å². The first-order valence-corrected chi connectivity index (χ1v) is 11.7. The van der Waals surface area contributed by atoms with Crippen molar-refractivity contribution in [2.75, 3.05) is 18.2 Å². The molecule has 0 spiro atoms. The van der Waals surface area contributed by atoms with Gasteiger partial charge in [0.05, 0.1) is 12.9 Å². The van der Waals surface area contributed by atoms with E-state index in [2.05, 4.69) is 31.4 Å². The minimum Gasteiger partial charge on any atom is -0.497 e. The van der Waals surface area contributed by atoms with Crippen LogP contribution in [0.15, 0.2) is 82.4 Å². The molecule has 0 atom stereocenters. The van der Waals surface area contributed by atoms with E-state index in [1.165, 1.54) is 11.8 Å². The molecule has 0 aliphatic carbocycles. The molecule has 1 heterocycles. The Kier molecular flexibility index (Phi) is 7.14.